The number of rotatable bonds is 9. The second-order valence-electron chi connectivity index (χ2n) is 5.32. The number of hydrogen-bond acceptors (Lipinski definition) is 3. The van der Waals surface area contributed by atoms with Crippen molar-refractivity contribution < 1.29 is 13.5 Å². The Hall–Kier alpha value is -1.73. The molecule has 0 bridgehead atoms. The van der Waals surface area contributed by atoms with Crippen molar-refractivity contribution in [1.82, 2.24) is 10.2 Å². The highest BCUT2D eigenvalue weighted by Crippen LogP contribution is 2.24. The van der Waals surface area contributed by atoms with Crippen LogP contribution in [-0.4, -0.2) is 51.3 Å². The molecule has 0 aliphatic rings. The molecule has 3 N–H and O–H groups in total. The first-order valence-electron chi connectivity index (χ1n) is 7.69. The zero-order valence-corrected chi connectivity index (χ0v) is 14.0. The summed E-state index contributed by atoms with van der Waals surface area (Å²) in [5.41, 5.74) is 5.79. The summed E-state index contributed by atoms with van der Waals surface area (Å²) in [6.07, 6.45) is 0.809. The summed E-state index contributed by atoms with van der Waals surface area (Å²) in [6.45, 7) is 4.07. The van der Waals surface area contributed by atoms with E-state index in [1.165, 1.54) is 18.2 Å². The van der Waals surface area contributed by atoms with Gasteiger partial charge in [-0.1, -0.05) is 6.07 Å². The summed E-state index contributed by atoms with van der Waals surface area (Å²) in [4.78, 5) is 5.91. The molecule has 7 heteroatoms. The minimum absolute atomic E-state index is 0.00500. The fourth-order valence-electron chi connectivity index (χ4n) is 2.12. The number of aliphatic imine (C=N–C) groups is 1. The standard InChI is InChI=1S/C16H26F2N4O/c1-4-23-10-6-9-20-16(19)21-11-14(22(2)3)15-12(17)7-5-8-13(15)18/h5,7-8,14H,4,6,9-11H2,1-3H3,(H3,19,20,21). The smallest absolute Gasteiger partial charge is 0.188 e. The number of benzene rings is 1. The van der Waals surface area contributed by atoms with Gasteiger partial charge in [0.05, 0.1) is 12.6 Å². The second-order valence-corrected chi connectivity index (χ2v) is 5.32. The van der Waals surface area contributed by atoms with Crippen LogP contribution < -0.4 is 11.1 Å². The number of nitrogens with one attached hydrogen (secondary N) is 1. The van der Waals surface area contributed by atoms with E-state index in [2.05, 4.69) is 10.3 Å². The van der Waals surface area contributed by atoms with Crippen LogP contribution in [0.1, 0.15) is 24.9 Å². The highest BCUT2D eigenvalue weighted by molar-refractivity contribution is 5.77. The third-order valence-electron chi connectivity index (χ3n) is 3.37. The van der Waals surface area contributed by atoms with E-state index in [4.69, 9.17) is 10.5 Å². The van der Waals surface area contributed by atoms with Crippen LogP contribution >= 0.6 is 0 Å². The average molecular weight is 328 g/mol. The quantitative estimate of drug-likeness (QED) is 0.413. The van der Waals surface area contributed by atoms with Crippen LogP contribution in [-0.2, 0) is 4.74 Å². The molecule has 1 unspecified atom stereocenters. The lowest BCUT2D eigenvalue weighted by Gasteiger charge is -2.24. The van der Waals surface area contributed by atoms with Gasteiger partial charge in [0.1, 0.15) is 11.6 Å². The lowest BCUT2D eigenvalue weighted by atomic mass is 10.0. The molecule has 1 atom stereocenters. The molecule has 5 nitrogen and oxygen atoms in total. The van der Waals surface area contributed by atoms with Gasteiger partial charge >= 0.3 is 0 Å². The van der Waals surface area contributed by atoms with Crippen LogP contribution in [0.3, 0.4) is 0 Å². The van der Waals surface area contributed by atoms with Gasteiger partial charge in [0.2, 0.25) is 0 Å². The molecule has 0 aliphatic carbocycles. The first-order valence-corrected chi connectivity index (χ1v) is 7.69. The zero-order valence-electron chi connectivity index (χ0n) is 14.0. The van der Waals surface area contributed by atoms with E-state index in [0.29, 0.717) is 19.8 Å². The van der Waals surface area contributed by atoms with Gasteiger partial charge in [-0.25, -0.2) is 8.78 Å². The van der Waals surface area contributed by atoms with Gasteiger partial charge in [0.15, 0.2) is 5.96 Å². The molecule has 0 saturated carbocycles. The Balaban J connectivity index is 2.65. The van der Waals surface area contributed by atoms with E-state index < -0.39 is 17.7 Å². The molecule has 23 heavy (non-hydrogen) atoms. The summed E-state index contributed by atoms with van der Waals surface area (Å²) in [5, 5.41) is 2.96. The first kappa shape index (κ1) is 19.3. The second kappa shape index (κ2) is 10.1. The molecular formula is C16H26F2N4O. The fourth-order valence-corrected chi connectivity index (χ4v) is 2.12. The normalized spacial score (nSPS) is 13.4. The number of ether oxygens (including phenoxy) is 1. The Labute approximate surface area is 136 Å². The number of halogens is 2. The van der Waals surface area contributed by atoms with E-state index in [9.17, 15) is 8.78 Å². The molecule has 0 saturated heterocycles. The van der Waals surface area contributed by atoms with E-state index in [0.717, 1.165) is 6.42 Å². The van der Waals surface area contributed by atoms with Crippen LogP contribution in [0, 0.1) is 11.6 Å². The average Bonchev–Trinajstić information content (AvgIpc) is 2.49. The molecule has 0 heterocycles. The molecular weight excluding hydrogens is 302 g/mol. The van der Waals surface area contributed by atoms with Crippen molar-refractivity contribution >= 4 is 5.96 Å². The summed E-state index contributed by atoms with van der Waals surface area (Å²) in [7, 11) is 3.50. The van der Waals surface area contributed by atoms with Gasteiger partial charge < -0.3 is 20.7 Å². The lowest BCUT2D eigenvalue weighted by molar-refractivity contribution is 0.145. The topological polar surface area (TPSA) is 62.9 Å². The predicted molar refractivity (Wildman–Crippen MR) is 88.4 cm³/mol. The van der Waals surface area contributed by atoms with E-state index in [-0.39, 0.29) is 18.1 Å². The van der Waals surface area contributed by atoms with Crippen molar-refractivity contribution in [2.24, 2.45) is 10.7 Å². The maximum absolute atomic E-state index is 13.9. The molecule has 0 fully saturated rings. The van der Waals surface area contributed by atoms with Crippen molar-refractivity contribution in [3.8, 4) is 0 Å². The van der Waals surface area contributed by atoms with Crippen LogP contribution in [0.25, 0.3) is 0 Å². The van der Waals surface area contributed by atoms with Gasteiger partial charge in [-0.05, 0) is 39.6 Å². The van der Waals surface area contributed by atoms with Crippen molar-refractivity contribution in [2.45, 2.75) is 19.4 Å². The maximum atomic E-state index is 13.9. The van der Waals surface area contributed by atoms with Crippen molar-refractivity contribution in [1.29, 1.82) is 0 Å². The summed E-state index contributed by atoms with van der Waals surface area (Å²) >= 11 is 0. The van der Waals surface area contributed by atoms with E-state index in [1.807, 2.05) is 6.92 Å². The minimum Gasteiger partial charge on any atom is -0.382 e. The summed E-state index contributed by atoms with van der Waals surface area (Å²) in [6, 6.07) is 3.31. The molecule has 0 aromatic heterocycles. The molecule has 0 aliphatic heterocycles. The van der Waals surface area contributed by atoms with Crippen LogP contribution in [0.2, 0.25) is 0 Å². The number of hydrogen-bond donors (Lipinski definition) is 2. The first-order chi connectivity index (χ1) is 11.0. The Kier molecular flexibility index (Phi) is 8.50. The van der Waals surface area contributed by atoms with Crippen molar-refractivity contribution in [3.63, 3.8) is 0 Å². The monoisotopic (exact) mass is 328 g/mol. The highest BCUT2D eigenvalue weighted by Gasteiger charge is 2.21. The third kappa shape index (κ3) is 6.50. The van der Waals surface area contributed by atoms with E-state index in [1.54, 1.807) is 19.0 Å². The molecule has 0 amide bonds. The lowest BCUT2D eigenvalue weighted by Crippen LogP contribution is -2.34. The predicted octanol–water partition coefficient (Wildman–Crippen LogP) is 1.90. The number of likely N-dealkylation sites (N-methyl/N-ethyl adjacent to an activating group) is 1. The molecule has 0 radical (unpaired) electrons. The molecule has 1 aromatic rings. The number of nitrogens with zero attached hydrogens (tertiary/aromatic N) is 2. The van der Waals surface area contributed by atoms with Crippen LogP contribution in [0.4, 0.5) is 8.78 Å². The van der Waals surface area contributed by atoms with Gasteiger partial charge in [-0.15, -0.1) is 0 Å². The summed E-state index contributed by atoms with van der Waals surface area (Å²) < 4.78 is 33.1. The Morgan fingerprint density at radius 3 is 2.57 bits per heavy atom. The Bertz CT molecular complexity index is 489. The van der Waals surface area contributed by atoms with Gasteiger partial charge in [-0.3, -0.25) is 4.99 Å². The molecule has 1 rings (SSSR count). The summed E-state index contributed by atoms with van der Waals surface area (Å²) in [5.74, 6) is -0.908. The highest BCUT2D eigenvalue weighted by atomic mass is 19.1. The number of guanidine groups is 1. The largest absolute Gasteiger partial charge is 0.382 e. The van der Waals surface area contributed by atoms with E-state index >= 15 is 0 Å². The molecule has 130 valence electrons. The van der Waals surface area contributed by atoms with Crippen LogP contribution in [0.5, 0.6) is 0 Å². The van der Waals surface area contributed by atoms with Gasteiger partial charge in [-0.2, -0.15) is 0 Å². The maximum Gasteiger partial charge on any atom is 0.188 e. The minimum atomic E-state index is -0.581. The number of nitrogens with two attached hydrogens (primary N) is 1. The fraction of sp³-hybridized carbons (Fsp3) is 0.562. The van der Waals surface area contributed by atoms with Crippen molar-refractivity contribution in [3.05, 3.63) is 35.4 Å². The molecule has 1 aromatic carbocycles. The Morgan fingerprint density at radius 1 is 1.35 bits per heavy atom. The molecule has 0 spiro atoms. The zero-order chi connectivity index (χ0) is 17.2. The third-order valence-corrected chi connectivity index (χ3v) is 3.37. The SMILES string of the molecule is CCOCCCNC(N)=NCC(c1c(F)cccc1F)N(C)C. The van der Waals surface area contributed by atoms with Crippen LogP contribution in [0.15, 0.2) is 23.2 Å². The Morgan fingerprint density at radius 2 is 2.00 bits per heavy atom. The van der Waals surface area contributed by atoms with Crippen molar-refractivity contribution in [2.75, 3.05) is 40.4 Å². The van der Waals surface area contributed by atoms with Gasteiger partial charge in [0, 0.05) is 25.3 Å². The van der Waals surface area contributed by atoms with Gasteiger partial charge in [0.25, 0.3) is 0 Å².